The Morgan fingerprint density at radius 3 is 2.38 bits per heavy atom. The predicted molar refractivity (Wildman–Crippen MR) is 120 cm³/mol. The molecule has 1 fully saturated rings. The van der Waals surface area contributed by atoms with Gasteiger partial charge in [-0.25, -0.2) is 9.97 Å². The first-order chi connectivity index (χ1) is 13.8. The number of aromatic nitrogens is 2. The van der Waals surface area contributed by atoms with E-state index in [0.29, 0.717) is 11.7 Å². The third kappa shape index (κ3) is 5.37. The minimum Gasteiger partial charge on any atom is -0.457 e. The Morgan fingerprint density at radius 1 is 0.966 bits per heavy atom. The Hall–Kier alpha value is -2.83. The lowest BCUT2D eigenvalue weighted by molar-refractivity contribution is 0.389. The van der Waals surface area contributed by atoms with Crippen molar-refractivity contribution in [2.24, 2.45) is 5.92 Å². The van der Waals surface area contributed by atoms with Crippen LogP contribution in [0.4, 0.5) is 11.6 Å². The molecule has 1 saturated heterocycles. The third-order valence-corrected chi connectivity index (χ3v) is 5.02. The van der Waals surface area contributed by atoms with E-state index >= 15 is 0 Å². The van der Waals surface area contributed by atoms with Crippen molar-refractivity contribution in [2.45, 2.75) is 12.8 Å². The summed E-state index contributed by atoms with van der Waals surface area (Å²) in [5.41, 5.74) is 7.99. The highest BCUT2D eigenvalue weighted by Crippen LogP contribution is 2.33. The van der Waals surface area contributed by atoms with Crippen LogP contribution in [0.2, 0.25) is 0 Å². The van der Waals surface area contributed by atoms with Crippen LogP contribution < -0.4 is 21.1 Å². The summed E-state index contributed by atoms with van der Waals surface area (Å²) in [6.07, 6.45) is 3.86. The molecule has 0 bridgehead atoms. The van der Waals surface area contributed by atoms with Gasteiger partial charge in [-0.15, -0.1) is 12.4 Å². The van der Waals surface area contributed by atoms with Crippen LogP contribution in [-0.2, 0) is 0 Å². The van der Waals surface area contributed by atoms with Crippen molar-refractivity contribution in [3.8, 4) is 22.6 Å². The van der Waals surface area contributed by atoms with Crippen molar-refractivity contribution in [1.29, 1.82) is 0 Å². The van der Waals surface area contributed by atoms with Crippen LogP contribution >= 0.6 is 12.4 Å². The van der Waals surface area contributed by atoms with Crippen LogP contribution in [-0.4, -0.2) is 29.6 Å². The fourth-order valence-corrected chi connectivity index (χ4v) is 3.46. The molecule has 1 aliphatic heterocycles. The maximum Gasteiger partial charge on any atom is 0.139 e. The molecule has 2 aromatic carbocycles. The number of benzene rings is 2. The van der Waals surface area contributed by atoms with E-state index in [9.17, 15) is 0 Å². The Balaban J connectivity index is 0.00000240. The summed E-state index contributed by atoms with van der Waals surface area (Å²) in [5.74, 6) is 3.48. The summed E-state index contributed by atoms with van der Waals surface area (Å²) in [5, 5.41) is 6.88. The summed E-state index contributed by atoms with van der Waals surface area (Å²) in [6.45, 7) is 3.04. The molecule has 2 heterocycles. The molecule has 152 valence electrons. The molecule has 29 heavy (non-hydrogen) atoms. The molecule has 0 amide bonds. The van der Waals surface area contributed by atoms with Crippen molar-refractivity contribution in [1.82, 2.24) is 15.3 Å². The minimum absolute atomic E-state index is 0. The molecule has 6 nitrogen and oxygen atoms in total. The van der Waals surface area contributed by atoms with Gasteiger partial charge in [0.2, 0.25) is 0 Å². The second-order valence-corrected chi connectivity index (χ2v) is 7.00. The standard InChI is InChI=1S/C22H25N5O.ClH/c23-21-20(22(27-15-26-21)25-14-16-10-12-24-13-11-16)17-6-8-19(9-7-17)28-18-4-2-1-3-5-18;/h1-9,15-16,24H,10-14H2,(H3,23,25,26,27);1H. The van der Waals surface area contributed by atoms with Crippen LogP contribution in [0, 0.1) is 5.92 Å². The minimum atomic E-state index is 0. The van der Waals surface area contributed by atoms with Crippen LogP contribution in [0.1, 0.15) is 12.8 Å². The number of hydrogen-bond donors (Lipinski definition) is 3. The Kier molecular flexibility index (Phi) is 7.27. The number of halogens is 1. The summed E-state index contributed by atoms with van der Waals surface area (Å²) >= 11 is 0. The first kappa shape index (κ1) is 20.9. The summed E-state index contributed by atoms with van der Waals surface area (Å²) in [7, 11) is 0. The molecule has 4 N–H and O–H groups in total. The molecular weight excluding hydrogens is 386 g/mol. The van der Waals surface area contributed by atoms with Gasteiger partial charge in [0.25, 0.3) is 0 Å². The Morgan fingerprint density at radius 2 is 1.66 bits per heavy atom. The Labute approximate surface area is 177 Å². The highest BCUT2D eigenvalue weighted by molar-refractivity contribution is 5.85. The zero-order valence-corrected chi connectivity index (χ0v) is 17.0. The van der Waals surface area contributed by atoms with Gasteiger partial charge in [-0.1, -0.05) is 30.3 Å². The van der Waals surface area contributed by atoms with E-state index in [4.69, 9.17) is 10.5 Å². The van der Waals surface area contributed by atoms with Crippen LogP contribution in [0.5, 0.6) is 11.5 Å². The van der Waals surface area contributed by atoms with Crippen LogP contribution in [0.3, 0.4) is 0 Å². The lowest BCUT2D eigenvalue weighted by Crippen LogP contribution is -2.31. The SMILES string of the molecule is Cl.Nc1ncnc(NCC2CCNCC2)c1-c1ccc(Oc2ccccc2)cc1. The number of nitrogens with one attached hydrogen (secondary N) is 2. The number of rotatable bonds is 6. The van der Waals surface area contributed by atoms with Gasteiger partial charge >= 0.3 is 0 Å². The molecule has 0 unspecified atom stereocenters. The molecule has 1 aliphatic rings. The lowest BCUT2D eigenvalue weighted by Gasteiger charge is -2.23. The second-order valence-electron chi connectivity index (χ2n) is 7.00. The van der Waals surface area contributed by atoms with Gasteiger partial charge in [0.1, 0.15) is 29.5 Å². The zero-order chi connectivity index (χ0) is 19.2. The monoisotopic (exact) mass is 411 g/mol. The van der Waals surface area contributed by atoms with E-state index in [1.54, 1.807) is 0 Å². The molecule has 0 aliphatic carbocycles. The first-order valence-corrected chi connectivity index (χ1v) is 9.68. The van der Waals surface area contributed by atoms with E-state index in [-0.39, 0.29) is 12.4 Å². The normalized spacial score (nSPS) is 14.1. The number of nitrogens with two attached hydrogens (primary N) is 1. The van der Waals surface area contributed by atoms with Crippen molar-refractivity contribution >= 4 is 24.0 Å². The van der Waals surface area contributed by atoms with Crippen molar-refractivity contribution in [3.05, 3.63) is 60.9 Å². The molecule has 4 rings (SSSR count). The van der Waals surface area contributed by atoms with Crippen molar-refractivity contribution in [3.63, 3.8) is 0 Å². The average molecular weight is 412 g/mol. The van der Waals surface area contributed by atoms with Gasteiger partial charge in [-0.2, -0.15) is 0 Å². The average Bonchev–Trinajstić information content (AvgIpc) is 2.75. The fourth-order valence-electron chi connectivity index (χ4n) is 3.46. The van der Waals surface area contributed by atoms with E-state index in [1.165, 1.54) is 19.2 Å². The summed E-state index contributed by atoms with van der Waals surface area (Å²) in [6, 6.07) is 17.6. The van der Waals surface area contributed by atoms with Gasteiger partial charge < -0.3 is 21.1 Å². The van der Waals surface area contributed by atoms with Gasteiger partial charge in [0, 0.05) is 6.54 Å². The van der Waals surface area contributed by atoms with E-state index in [1.807, 2.05) is 54.6 Å². The summed E-state index contributed by atoms with van der Waals surface area (Å²) in [4.78, 5) is 8.63. The van der Waals surface area contributed by atoms with Crippen molar-refractivity contribution in [2.75, 3.05) is 30.7 Å². The van der Waals surface area contributed by atoms with Gasteiger partial charge in [0.05, 0.1) is 5.56 Å². The topological polar surface area (TPSA) is 85.1 Å². The van der Waals surface area contributed by atoms with E-state index in [0.717, 1.165) is 48.1 Å². The van der Waals surface area contributed by atoms with Crippen LogP contribution in [0.25, 0.3) is 11.1 Å². The number of nitrogens with zero attached hydrogens (tertiary/aromatic N) is 2. The first-order valence-electron chi connectivity index (χ1n) is 9.68. The predicted octanol–water partition coefficient (Wildman–Crippen LogP) is 4.35. The molecule has 1 aromatic heterocycles. The highest BCUT2D eigenvalue weighted by Gasteiger charge is 2.16. The molecule has 0 radical (unpaired) electrons. The third-order valence-electron chi connectivity index (χ3n) is 5.02. The lowest BCUT2D eigenvalue weighted by atomic mass is 9.98. The molecule has 0 spiro atoms. The molecule has 7 heteroatoms. The zero-order valence-electron chi connectivity index (χ0n) is 16.2. The van der Waals surface area contributed by atoms with Crippen molar-refractivity contribution < 1.29 is 4.74 Å². The maximum absolute atomic E-state index is 6.19. The smallest absolute Gasteiger partial charge is 0.139 e. The molecule has 3 aromatic rings. The number of anilines is 2. The molecule has 0 atom stereocenters. The Bertz CT molecular complexity index is 899. The fraction of sp³-hybridized carbons (Fsp3) is 0.273. The van der Waals surface area contributed by atoms with E-state index < -0.39 is 0 Å². The highest BCUT2D eigenvalue weighted by atomic mass is 35.5. The second kappa shape index (κ2) is 10.1. The number of para-hydroxylation sites is 1. The molecular formula is C22H26ClN5O. The van der Waals surface area contributed by atoms with E-state index in [2.05, 4.69) is 20.6 Å². The number of ether oxygens (including phenoxy) is 1. The van der Waals surface area contributed by atoms with Gasteiger partial charge in [0.15, 0.2) is 0 Å². The maximum atomic E-state index is 6.19. The number of nitrogen functional groups attached to an aromatic ring is 1. The van der Waals surface area contributed by atoms with Gasteiger partial charge in [-0.05, 0) is 61.7 Å². The summed E-state index contributed by atoms with van der Waals surface area (Å²) < 4.78 is 5.87. The molecule has 0 saturated carbocycles. The number of hydrogen-bond acceptors (Lipinski definition) is 6. The van der Waals surface area contributed by atoms with Gasteiger partial charge in [-0.3, -0.25) is 0 Å². The largest absolute Gasteiger partial charge is 0.457 e. The quantitative estimate of drug-likeness (QED) is 0.559. The number of piperidine rings is 1. The van der Waals surface area contributed by atoms with Crippen LogP contribution in [0.15, 0.2) is 60.9 Å².